The first-order valence-electron chi connectivity index (χ1n) is 8.24. The number of furan rings is 1. The van der Waals surface area contributed by atoms with Crippen molar-refractivity contribution in [1.82, 2.24) is 14.7 Å². The van der Waals surface area contributed by atoms with Gasteiger partial charge < -0.3 is 14.4 Å². The molecule has 0 spiro atoms. The van der Waals surface area contributed by atoms with Gasteiger partial charge >= 0.3 is 0 Å². The fraction of sp³-hybridized carbons (Fsp3) is 0.588. The van der Waals surface area contributed by atoms with Crippen LogP contribution in [0.5, 0.6) is 0 Å². The van der Waals surface area contributed by atoms with Gasteiger partial charge in [0, 0.05) is 25.1 Å². The molecule has 0 unspecified atom stereocenters. The quantitative estimate of drug-likeness (QED) is 0.852. The number of hydrogen-bond donors (Lipinski definition) is 1. The summed E-state index contributed by atoms with van der Waals surface area (Å²) in [5, 5.41) is 13.6. The van der Waals surface area contributed by atoms with Crippen molar-refractivity contribution in [3.05, 3.63) is 42.1 Å². The van der Waals surface area contributed by atoms with Crippen LogP contribution in [0.2, 0.25) is 0 Å². The van der Waals surface area contributed by atoms with Crippen molar-refractivity contribution < 1.29 is 9.52 Å². The lowest BCUT2D eigenvalue weighted by Gasteiger charge is -2.31. The predicted octanol–water partition coefficient (Wildman–Crippen LogP) is 2.28. The van der Waals surface area contributed by atoms with Gasteiger partial charge in [-0.15, -0.1) is 0 Å². The van der Waals surface area contributed by atoms with Crippen LogP contribution in [-0.2, 0) is 13.0 Å². The van der Waals surface area contributed by atoms with E-state index in [0.717, 1.165) is 31.7 Å². The Morgan fingerprint density at radius 3 is 3.09 bits per heavy atom. The van der Waals surface area contributed by atoms with E-state index in [1.807, 2.05) is 23.0 Å². The third kappa shape index (κ3) is 3.99. The van der Waals surface area contributed by atoms with E-state index in [-0.39, 0.29) is 6.61 Å². The first-order chi connectivity index (χ1) is 10.8. The maximum absolute atomic E-state index is 8.98. The average molecular weight is 303 g/mol. The Kier molecular flexibility index (Phi) is 5.29. The van der Waals surface area contributed by atoms with Crippen molar-refractivity contribution in [3.63, 3.8) is 0 Å². The third-order valence-corrected chi connectivity index (χ3v) is 4.39. The van der Waals surface area contributed by atoms with Gasteiger partial charge in [-0.2, -0.15) is 5.10 Å². The molecule has 5 nitrogen and oxygen atoms in total. The molecule has 120 valence electrons. The second kappa shape index (κ2) is 7.61. The minimum absolute atomic E-state index is 0.144. The van der Waals surface area contributed by atoms with E-state index in [9.17, 15) is 0 Å². The smallest absolute Gasteiger partial charge is 0.103 e. The van der Waals surface area contributed by atoms with Crippen molar-refractivity contribution in [3.8, 4) is 0 Å². The van der Waals surface area contributed by atoms with Crippen LogP contribution in [0.15, 0.2) is 35.1 Å². The molecule has 0 bridgehead atoms. The number of likely N-dealkylation sites (tertiary alicyclic amines) is 1. The number of aliphatic hydroxyl groups is 1. The number of rotatable bonds is 7. The van der Waals surface area contributed by atoms with E-state index in [0.29, 0.717) is 12.5 Å². The van der Waals surface area contributed by atoms with Crippen molar-refractivity contribution in [2.45, 2.75) is 38.1 Å². The first-order valence-corrected chi connectivity index (χ1v) is 8.24. The zero-order chi connectivity index (χ0) is 15.2. The third-order valence-electron chi connectivity index (χ3n) is 4.39. The fourth-order valence-corrected chi connectivity index (χ4v) is 3.25. The molecule has 1 N–H and O–H groups in total. The van der Waals surface area contributed by atoms with Crippen LogP contribution in [0.3, 0.4) is 0 Å². The molecule has 2 aromatic heterocycles. The minimum Gasteiger partial charge on any atom is -0.469 e. The minimum atomic E-state index is 0.144. The maximum Gasteiger partial charge on any atom is 0.103 e. The van der Waals surface area contributed by atoms with Gasteiger partial charge in [-0.1, -0.05) is 0 Å². The Morgan fingerprint density at radius 2 is 2.27 bits per heavy atom. The molecular weight excluding hydrogens is 278 g/mol. The van der Waals surface area contributed by atoms with E-state index in [2.05, 4.69) is 16.1 Å². The standard InChI is InChI=1S/C17H25N3O2/c21-12-11-20-10-7-17(18-20)15-4-1-8-19(14-15)9-2-5-16-6-3-13-22-16/h3,6-7,10,13,15,21H,1-2,4-5,8-9,11-12,14H2/t15-/m1/s1. The van der Waals surface area contributed by atoms with E-state index < -0.39 is 0 Å². The maximum atomic E-state index is 8.98. The predicted molar refractivity (Wildman–Crippen MR) is 84.8 cm³/mol. The van der Waals surface area contributed by atoms with E-state index in [4.69, 9.17) is 9.52 Å². The van der Waals surface area contributed by atoms with Gasteiger partial charge in [-0.25, -0.2) is 0 Å². The van der Waals surface area contributed by atoms with Gasteiger partial charge in [-0.3, -0.25) is 4.68 Å². The number of aryl methyl sites for hydroxylation is 1. The first kappa shape index (κ1) is 15.3. The molecule has 1 fully saturated rings. The Labute approximate surface area is 131 Å². The van der Waals surface area contributed by atoms with Crippen LogP contribution in [-0.4, -0.2) is 46.0 Å². The molecule has 0 aliphatic carbocycles. The van der Waals surface area contributed by atoms with Gasteiger partial charge in [0.1, 0.15) is 5.76 Å². The van der Waals surface area contributed by atoms with Crippen LogP contribution in [0.25, 0.3) is 0 Å². The molecule has 0 saturated carbocycles. The van der Waals surface area contributed by atoms with Gasteiger partial charge in [0.2, 0.25) is 0 Å². The Morgan fingerprint density at radius 1 is 1.32 bits per heavy atom. The van der Waals surface area contributed by atoms with Crippen LogP contribution in [0.4, 0.5) is 0 Å². The molecule has 0 amide bonds. The topological polar surface area (TPSA) is 54.4 Å². The number of piperidine rings is 1. The summed E-state index contributed by atoms with van der Waals surface area (Å²) in [5.74, 6) is 1.61. The molecule has 1 aliphatic rings. The van der Waals surface area contributed by atoms with Gasteiger partial charge in [0.25, 0.3) is 0 Å². The lowest BCUT2D eigenvalue weighted by Crippen LogP contribution is -2.35. The summed E-state index contributed by atoms with van der Waals surface area (Å²) in [6.45, 7) is 4.12. The number of aliphatic hydroxyl groups excluding tert-OH is 1. The molecule has 3 rings (SSSR count). The molecule has 0 radical (unpaired) electrons. The molecule has 5 heteroatoms. The lowest BCUT2D eigenvalue weighted by molar-refractivity contribution is 0.202. The summed E-state index contributed by atoms with van der Waals surface area (Å²) in [6.07, 6.45) is 8.32. The highest BCUT2D eigenvalue weighted by Crippen LogP contribution is 2.25. The Bertz CT molecular complexity index is 550. The summed E-state index contributed by atoms with van der Waals surface area (Å²) in [7, 11) is 0. The zero-order valence-electron chi connectivity index (χ0n) is 13.0. The molecule has 1 atom stereocenters. The van der Waals surface area contributed by atoms with Gasteiger partial charge in [0.15, 0.2) is 0 Å². The molecule has 0 aromatic carbocycles. The summed E-state index contributed by atoms with van der Waals surface area (Å²) in [6, 6.07) is 6.11. The molecule has 3 heterocycles. The van der Waals surface area contributed by atoms with Crippen LogP contribution in [0, 0.1) is 0 Å². The monoisotopic (exact) mass is 303 g/mol. The van der Waals surface area contributed by atoms with Crippen LogP contribution >= 0.6 is 0 Å². The van der Waals surface area contributed by atoms with Gasteiger partial charge in [0.05, 0.1) is 25.1 Å². The number of aromatic nitrogens is 2. The van der Waals surface area contributed by atoms with Gasteiger partial charge in [-0.05, 0) is 50.6 Å². The van der Waals surface area contributed by atoms with Crippen molar-refractivity contribution >= 4 is 0 Å². The number of hydrogen-bond acceptors (Lipinski definition) is 4. The zero-order valence-corrected chi connectivity index (χ0v) is 13.0. The van der Waals surface area contributed by atoms with Crippen molar-refractivity contribution in [2.75, 3.05) is 26.2 Å². The highest BCUT2D eigenvalue weighted by atomic mass is 16.3. The highest BCUT2D eigenvalue weighted by molar-refractivity contribution is 5.08. The molecular formula is C17H25N3O2. The summed E-state index contributed by atoms with van der Waals surface area (Å²) < 4.78 is 7.23. The van der Waals surface area contributed by atoms with Crippen LogP contribution in [0.1, 0.15) is 36.6 Å². The normalized spacial score (nSPS) is 19.6. The summed E-state index contributed by atoms with van der Waals surface area (Å²) in [5.41, 5.74) is 1.17. The summed E-state index contributed by atoms with van der Waals surface area (Å²) in [4.78, 5) is 2.54. The molecule has 22 heavy (non-hydrogen) atoms. The second-order valence-corrected chi connectivity index (χ2v) is 6.05. The average Bonchev–Trinajstić information content (AvgIpc) is 3.20. The van der Waals surface area contributed by atoms with Crippen LogP contribution < -0.4 is 0 Å². The Hall–Kier alpha value is -1.59. The van der Waals surface area contributed by atoms with Crippen molar-refractivity contribution in [1.29, 1.82) is 0 Å². The Balaban J connectivity index is 1.48. The molecule has 1 saturated heterocycles. The van der Waals surface area contributed by atoms with E-state index in [1.165, 1.54) is 25.1 Å². The largest absolute Gasteiger partial charge is 0.469 e. The highest BCUT2D eigenvalue weighted by Gasteiger charge is 2.22. The van der Waals surface area contributed by atoms with Crippen molar-refractivity contribution in [2.24, 2.45) is 0 Å². The summed E-state index contributed by atoms with van der Waals surface area (Å²) >= 11 is 0. The van der Waals surface area contributed by atoms with E-state index >= 15 is 0 Å². The molecule has 1 aliphatic heterocycles. The lowest BCUT2D eigenvalue weighted by atomic mass is 9.95. The molecule has 2 aromatic rings. The number of nitrogens with zero attached hydrogens (tertiary/aromatic N) is 3. The second-order valence-electron chi connectivity index (χ2n) is 6.05. The fourth-order valence-electron chi connectivity index (χ4n) is 3.25. The van der Waals surface area contributed by atoms with E-state index in [1.54, 1.807) is 6.26 Å². The SMILES string of the molecule is OCCn1ccc([C@@H]2CCCN(CCCc3ccco3)C2)n1.